The Bertz CT molecular complexity index is 1850. The molecule has 0 aliphatic carbocycles. The zero-order valence-corrected chi connectivity index (χ0v) is 31.8. The van der Waals surface area contributed by atoms with Crippen molar-refractivity contribution in [2.24, 2.45) is 0 Å². The van der Waals surface area contributed by atoms with Gasteiger partial charge in [0.1, 0.15) is 0 Å². The number of halogens is 2. The van der Waals surface area contributed by atoms with Gasteiger partial charge in [-0.2, -0.15) is 0 Å². The Hall–Kier alpha value is -3.62. The van der Waals surface area contributed by atoms with Gasteiger partial charge in [0.25, 0.3) is 0 Å². The van der Waals surface area contributed by atoms with Crippen LogP contribution in [0.2, 0.25) is 0 Å². The minimum Gasteiger partial charge on any atom is -1.00 e. The smallest absolute Gasteiger partial charge is 1.00 e. The molecule has 8 rings (SSSR count). The summed E-state index contributed by atoms with van der Waals surface area (Å²) in [5.41, 5.74) is 2.61. The van der Waals surface area contributed by atoms with Crippen LogP contribution >= 0.6 is 17.2 Å². The van der Waals surface area contributed by atoms with Crippen molar-refractivity contribution in [2.75, 3.05) is 0 Å². The molecule has 0 spiro atoms. The quantitative estimate of drug-likeness (QED) is 0.180. The molecule has 0 amide bonds. The van der Waals surface area contributed by atoms with Crippen LogP contribution in [0.1, 0.15) is 0 Å². The zero-order chi connectivity index (χ0) is 31.2. The first-order valence-corrected chi connectivity index (χ1v) is 17.5. The van der Waals surface area contributed by atoms with Crippen LogP contribution in [0.25, 0.3) is 32.7 Å². The van der Waals surface area contributed by atoms with Gasteiger partial charge in [-0.25, -0.2) is 0 Å². The SMILES string of the molecule is [Cl-].[Cl-].[Pd+2].c1ccc(Pc2ccccc2)cc1.c1ccc(Pc2ccccc2)cc1.c1ccc2c(-c3cccc4ccccc34)cccc2c1. The van der Waals surface area contributed by atoms with Crippen LogP contribution in [0, 0.1) is 0 Å². The van der Waals surface area contributed by atoms with Gasteiger partial charge in [0.15, 0.2) is 0 Å². The van der Waals surface area contributed by atoms with Crippen molar-refractivity contribution in [2.45, 2.75) is 0 Å². The van der Waals surface area contributed by atoms with E-state index in [-0.39, 0.29) is 45.2 Å². The topological polar surface area (TPSA) is 0 Å². The zero-order valence-electron chi connectivity index (χ0n) is 26.7. The second-order valence-corrected chi connectivity index (χ2v) is 13.6. The summed E-state index contributed by atoms with van der Waals surface area (Å²) in [4.78, 5) is 0. The molecule has 0 saturated heterocycles. The monoisotopic (exact) mass is 802 g/mol. The van der Waals surface area contributed by atoms with Gasteiger partial charge in [-0.15, -0.1) is 0 Å². The van der Waals surface area contributed by atoms with Crippen LogP contribution in [-0.4, -0.2) is 0 Å². The molecule has 0 heterocycles. The molecule has 0 nitrogen and oxygen atoms in total. The third kappa shape index (κ3) is 11.7. The van der Waals surface area contributed by atoms with Crippen molar-refractivity contribution >= 4 is 59.9 Å². The van der Waals surface area contributed by atoms with E-state index in [1.54, 1.807) is 0 Å². The fourth-order valence-corrected chi connectivity index (χ4v) is 7.44. The van der Waals surface area contributed by atoms with E-state index in [1.807, 2.05) is 0 Å². The summed E-state index contributed by atoms with van der Waals surface area (Å²) in [6, 6.07) is 72.5. The third-order valence-corrected chi connectivity index (χ3v) is 10.0. The van der Waals surface area contributed by atoms with Gasteiger partial charge >= 0.3 is 20.4 Å². The average Bonchev–Trinajstić information content (AvgIpc) is 3.13. The van der Waals surface area contributed by atoms with Crippen molar-refractivity contribution in [1.29, 1.82) is 0 Å². The Balaban J connectivity index is 0.000000200. The molecular weight excluding hydrogens is 768 g/mol. The fraction of sp³-hybridized carbons (Fsp3) is 0. The first-order chi connectivity index (χ1) is 22.8. The second kappa shape index (κ2) is 21.5. The minimum atomic E-state index is 0. The van der Waals surface area contributed by atoms with Crippen molar-refractivity contribution in [3.05, 3.63) is 206 Å². The van der Waals surface area contributed by atoms with Gasteiger partial charge in [0.2, 0.25) is 0 Å². The molecule has 0 N–H and O–H groups in total. The van der Waals surface area contributed by atoms with E-state index < -0.39 is 0 Å². The van der Waals surface area contributed by atoms with E-state index >= 15 is 0 Å². The molecule has 0 atom stereocenters. The number of hydrogen-bond acceptors (Lipinski definition) is 0. The molecule has 0 saturated carbocycles. The Morgan fingerprint density at radius 1 is 0.245 bits per heavy atom. The van der Waals surface area contributed by atoms with Crippen LogP contribution < -0.4 is 46.0 Å². The van der Waals surface area contributed by atoms with Gasteiger partial charge in [0.05, 0.1) is 0 Å². The molecule has 0 fully saturated rings. The molecule has 0 aliphatic rings. The fourth-order valence-electron chi connectivity index (χ4n) is 5.34. The van der Waals surface area contributed by atoms with Crippen LogP contribution in [0.4, 0.5) is 0 Å². The predicted octanol–water partition coefficient (Wildman–Crippen LogP) is 4.30. The van der Waals surface area contributed by atoms with Crippen molar-refractivity contribution in [1.82, 2.24) is 0 Å². The predicted molar refractivity (Wildman–Crippen MR) is 208 cm³/mol. The van der Waals surface area contributed by atoms with Gasteiger partial charge in [-0.3, -0.25) is 0 Å². The Morgan fingerprint density at radius 3 is 0.796 bits per heavy atom. The maximum absolute atomic E-state index is 2.21. The van der Waals surface area contributed by atoms with Gasteiger partial charge in [-0.1, -0.05) is 223 Å². The van der Waals surface area contributed by atoms with E-state index in [2.05, 4.69) is 206 Å². The number of benzene rings is 8. The average molecular weight is 804 g/mol. The summed E-state index contributed by atoms with van der Waals surface area (Å²) in [7, 11) is 1.55. The molecule has 8 aromatic carbocycles. The maximum atomic E-state index is 2.21. The summed E-state index contributed by atoms with van der Waals surface area (Å²) in [5, 5.41) is 10.8. The Kier molecular flexibility index (Phi) is 17.4. The van der Waals surface area contributed by atoms with Crippen LogP contribution in [-0.2, 0) is 20.4 Å². The minimum absolute atomic E-state index is 0. The Morgan fingerprint density at radius 2 is 0.490 bits per heavy atom. The van der Waals surface area contributed by atoms with E-state index in [4.69, 9.17) is 0 Å². The van der Waals surface area contributed by atoms with Crippen LogP contribution in [0.5, 0.6) is 0 Å². The summed E-state index contributed by atoms with van der Waals surface area (Å²) in [6.07, 6.45) is 0. The summed E-state index contributed by atoms with van der Waals surface area (Å²) >= 11 is 0. The number of fused-ring (bicyclic) bond motifs is 2. The maximum Gasteiger partial charge on any atom is 2.00 e. The van der Waals surface area contributed by atoms with Crippen LogP contribution in [0.15, 0.2) is 206 Å². The molecule has 246 valence electrons. The molecular formula is C44H36Cl2P2Pd. The standard InChI is InChI=1S/C20H14.2C12H11P.2ClH.Pd/c1-3-11-17-15(7-1)9-5-13-19(17)20-14-6-10-16-8-2-4-12-18(16)20;2*1-3-7-11(8-4-1)13-12-9-5-2-6-10-12;;;/h1-14H;2*1-10,13H;2*1H;/q;;;;;+2/p-2. The molecule has 0 bridgehead atoms. The first kappa shape index (κ1) is 39.8. The largest absolute Gasteiger partial charge is 2.00 e. The van der Waals surface area contributed by atoms with Crippen molar-refractivity contribution in [3.63, 3.8) is 0 Å². The normalized spacial score (nSPS) is 9.71. The molecule has 0 aromatic heterocycles. The summed E-state index contributed by atoms with van der Waals surface area (Å²) < 4.78 is 0. The van der Waals surface area contributed by atoms with Gasteiger partial charge < -0.3 is 24.8 Å². The van der Waals surface area contributed by atoms with E-state index in [9.17, 15) is 0 Å². The van der Waals surface area contributed by atoms with Gasteiger partial charge in [0, 0.05) is 0 Å². The second-order valence-electron chi connectivity index (χ2n) is 10.8. The summed E-state index contributed by atoms with van der Waals surface area (Å²) in [5.74, 6) is 0. The number of hydrogen-bond donors (Lipinski definition) is 0. The van der Waals surface area contributed by atoms with Gasteiger partial charge in [-0.05, 0) is 53.9 Å². The third-order valence-electron chi connectivity index (χ3n) is 7.54. The molecule has 8 aromatic rings. The van der Waals surface area contributed by atoms with Crippen molar-refractivity contribution in [3.8, 4) is 11.1 Å². The summed E-state index contributed by atoms with van der Waals surface area (Å²) in [6.45, 7) is 0. The van der Waals surface area contributed by atoms with E-state index in [0.717, 1.165) is 17.2 Å². The first-order valence-electron chi connectivity index (χ1n) is 15.5. The molecule has 0 unspecified atom stereocenters. The van der Waals surface area contributed by atoms with E-state index in [0.29, 0.717) is 0 Å². The molecule has 49 heavy (non-hydrogen) atoms. The van der Waals surface area contributed by atoms with E-state index in [1.165, 1.54) is 53.9 Å². The van der Waals surface area contributed by atoms with Crippen molar-refractivity contribution < 1.29 is 45.2 Å². The number of rotatable bonds is 5. The molecule has 0 radical (unpaired) electrons. The Labute approximate surface area is 320 Å². The molecule has 0 aliphatic heterocycles. The van der Waals surface area contributed by atoms with Crippen LogP contribution in [0.3, 0.4) is 0 Å². The molecule has 5 heteroatoms.